The Kier molecular flexibility index (Phi) is 5.66. The Morgan fingerprint density at radius 1 is 0.853 bits per heavy atom. The van der Waals surface area contributed by atoms with E-state index in [2.05, 4.69) is 4.98 Å². The van der Waals surface area contributed by atoms with Gasteiger partial charge in [-0.1, -0.05) is 36.4 Å². The van der Waals surface area contributed by atoms with Crippen molar-refractivity contribution >= 4 is 27.8 Å². The zero-order valence-electron chi connectivity index (χ0n) is 17.9. The molecule has 5 aromatic rings. The molecule has 168 valence electrons. The normalized spacial score (nSPS) is 10.9. The van der Waals surface area contributed by atoms with Crippen LogP contribution in [0.5, 0.6) is 11.5 Å². The van der Waals surface area contributed by atoms with E-state index < -0.39 is 17.2 Å². The standard InChI is InChI=1S/C27H19NO6/c29-24-14-26(27(30)31)34-25-13-21(10-11-22(24)25)32-15-17-4-3-6-20(12-17)33-16-19-9-8-18-5-1-2-7-23(18)28-19/h1-14H,15-16H2,(H,30,31). The number of rotatable bonds is 7. The van der Waals surface area contributed by atoms with Crippen LogP contribution in [0.15, 0.2) is 94.1 Å². The molecule has 2 heterocycles. The molecule has 0 aliphatic heterocycles. The lowest BCUT2D eigenvalue weighted by atomic mass is 10.2. The summed E-state index contributed by atoms with van der Waals surface area (Å²) in [6, 6.07) is 25.1. The van der Waals surface area contributed by atoms with Crippen molar-refractivity contribution in [3.05, 3.63) is 112 Å². The van der Waals surface area contributed by atoms with E-state index in [9.17, 15) is 9.59 Å². The second-order valence-electron chi connectivity index (χ2n) is 7.66. The van der Waals surface area contributed by atoms with Crippen LogP contribution < -0.4 is 14.9 Å². The number of para-hydroxylation sites is 1. The number of fused-ring (bicyclic) bond motifs is 2. The summed E-state index contributed by atoms with van der Waals surface area (Å²) < 4.78 is 17.1. The van der Waals surface area contributed by atoms with Gasteiger partial charge in [-0.25, -0.2) is 9.78 Å². The second kappa shape index (κ2) is 9.07. The van der Waals surface area contributed by atoms with Crippen LogP contribution in [0, 0.1) is 0 Å². The van der Waals surface area contributed by atoms with Crippen LogP contribution in [-0.4, -0.2) is 16.1 Å². The van der Waals surface area contributed by atoms with Crippen molar-refractivity contribution in [3.8, 4) is 11.5 Å². The Morgan fingerprint density at radius 2 is 1.68 bits per heavy atom. The number of nitrogens with zero attached hydrogens (tertiary/aromatic N) is 1. The molecule has 0 spiro atoms. The third-order valence-corrected chi connectivity index (χ3v) is 5.26. The number of hydrogen-bond acceptors (Lipinski definition) is 6. The Labute approximate surface area is 193 Å². The summed E-state index contributed by atoms with van der Waals surface area (Å²) in [5, 5.41) is 10.5. The molecule has 34 heavy (non-hydrogen) atoms. The predicted octanol–water partition coefficient (Wildman–Crippen LogP) is 5.20. The molecular weight excluding hydrogens is 434 g/mol. The van der Waals surface area contributed by atoms with Gasteiger partial charge in [0.15, 0.2) is 5.43 Å². The molecule has 0 saturated carbocycles. The number of benzene rings is 3. The highest BCUT2D eigenvalue weighted by Gasteiger charge is 2.11. The van der Waals surface area contributed by atoms with Gasteiger partial charge in [-0.2, -0.15) is 0 Å². The van der Waals surface area contributed by atoms with Crippen LogP contribution in [0.2, 0.25) is 0 Å². The fourth-order valence-corrected chi connectivity index (χ4v) is 3.57. The minimum absolute atomic E-state index is 0.155. The van der Waals surface area contributed by atoms with Crippen LogP contribution in [0.3, 0.4) is 0 Å². The lowest BCUT2D eigenvalue weighted by Crippen LogP contribution is -2.06. The zero-order chi connectivity index (χ0) is 23.5. The van der Waals surface area contributed by atoms with Crippen LogP contribution >= 0.6 is 0 Å². The maximum absolute atomic E-state index is 12.1. The van der Waals surface area contributed by atoms with Gasteiger partial charge in [0.1, 0.15) is 30.3 Å². The van der Waals surface area contributed by atoms with E-state index in [1.807, 2.05) is 60.7 Å². The summed E-state index contributed by atoms with van der Waals surface area (Å²) >= 11 is 0. The smallest absolute Gasteiger partial charge is 0.371 e. The van der Waals surface area contributed by atoms with Gasteiger partial charge in [0.05, 0.1) is 16.6 Å². The molecule has 1 N–H and O–H groups in total. The second-order valence-corrected chi connectivity index (χ2v) is 7.66. The first-order chi connectivity index (χ1) is 16.5. The molecule has 0 aliphatic rings. The summed E-state index contributed by atoms with van der Waals surface area (Å²) in [5.41, 5.74) is 2.37. The minimum Gasteiger partial charge on any atom is -0.489 e. The molecule has 0 unspecified atom stereocenters. The third-order valence-electron chi connectivity index (χ3n) is 5.26. The third kappa shape index (κ3) is 4.59. The average Bonchev–Trinajstić information content (AvgIpc) is 2.86. The number of aromatic nitrogens is 1. The molecule has 0 radical (unpaired) electrons. The highest BCUT2D eigenvalue weighted by Crippen LogP contribution is 2.22. The molecule has 0 aliphatic carbocycles. The first-order valence-electron chi connectivity index (χ1n) is 10.6. The summed E-state index contributed by atoms with van der Waals surface area (Å²) in [6.07, 6.45) is 0. The van der Waals surface area contributed by atoms with Gasteiger partial charge in [0, 0.05) is 17.5 Å². The summed E-state index contributed by atoms with van der Waals surface area (Å²) in [4.78, 5) is 27.8. The van der Waals surface area contributed by atoms with Gasteiger partial charge >= 0.3 is 5.97 Å². The van der Waals surface area contributed by atoms with E-state index >= 15 is 0 Å². The maximum Gasteiger partial charge on any atom is 0.371 e. The number of carboxylic acid groups (broad SMARTS) is 1. The fourth-order valence-electron chi connectivity index (χ4n) is 3.57. The van der Waals surface area contributed by atoms with Gasteiger partial charge in [-0.05, 0) is 42.0 Å². The first-order valence-corrected chi connectivity index (χ1v) is 10.6. The number of ether oxygens (including phenoxy) is 2. The lowest BCUT2D eigenvalue weighted by molar-refractivity contribution is 0.0663. The van der Waals surface area contributed by atoms with Crippen molar-refractivity contribution in [2.45, 2.75) is 13.2 Å². The SMILES string of the molecule is O=C(O)c1cc(=O)c2ccc(OCc3cccc(OCc4ccc5ccccc5n4)c3)cc2o1. The number of hydrogen-bond donors (Lipinski definition) is 1. The van der Waals surface area contributed by atoms with Gasteiger partial charge in [0.2, 0.25) is 5.76 Å². The molecule has 0 fully saturated rings. The van der Waals surface area contributed by atoms with E-state index in [0.29, 0.717) is 18.1 Å². The number of carboxylic acids is 1. The molecule has 5 rings (SSSR count). The van der Waals surface area contributed by atoms with Crippen LogP contribution in [0.4, 0.5) is 0 Å². The van der Waals surface area contributed by atoms with E-state index in [-0.39, 0.29) is 17.6 Å². The highest BCUT2D eigenvalue weighted by atomic mass is 16.5. The van der Waals surface area contributed by atoms with E-state index in [1.54, 1.807) is 12.1 Å². The first kappa shape index (κ1) is 21.2. The van der Waals surface area contributed by atoms with Crippen LogP contribution in [0.25, 0.3) is 21.9 Å². The largest absolute Gasteiger partial charge is 0.489 e. The quantitative estimate of drug-likeness (QED) is 0.362. The Hall–Kier alpha value is -4.65. The number of aromatic carboxylic acids is 1. The van der Waals surface area contributed by atoms with Gasteiger partial charge in [-0.3, -0.25) is 4.79 Å². The maximum atomic E-state index is 12.1. The average molecular weight is 453 g/mol. The topological polar surface area (TPSA) is 98.9 Å². The summed E-state index contributed by atoms with van der Waals surface area (Å²) in [5.74, 6) is -0.585. The number of carbonyl (C=O) groups is 1. The summed E-state index contributed by atoms with van der Waals surface area (Å²) in [7, 11) is 0. The Morgan fingerprint density at radius 3 is 2.56 bits per heavy atom. The van der Waals surface area contributed by atoms with E-state index in [0.717, 1.165) is 28.2 Å². The van der Waals surface area contributed by atoms with Crippen molar-refractivity contribution in [2.24, 2.45) is 0 Å². The molecule has 0 atom stereocenters. The monoisotopic (exact) mass is 453 g/mol. The molecule has 0 saturated heterocycles. The molecule has 0 amide bonds. The number of pyridine rings is 1. The molecule has 3 aromatic carbocycles. The van der Waals surface area contributed by atoms with Crippen LogP contribution in [0.1, 0.15) is 21.8 Å². The lowest BCUT2D eigenvalue weighted by Gasteiger charge is -2.10. The Bertz CT molecular complexity index is 1570. The molecule has 7 nitrogen and oxygen atoms in total. The van der Waals surface area contributed by atoms with Crippen molar-refractivity contribution in [2.75, 3.05) is 0 Å². The van der Waals surface area contributed by atoms with Gasteiger partial charge in [-0.15, -0.1) is 0 Å². The zero-order valence-corrected chi connectivity index (χ0v) is 17.9. The van der Waals surface area contributed by atoms with Crippen molar-refractivity contribution in [1.29, 1.82) is 0 Å². The molecule has 2 aromatic heterocycles. The van der Waals surface area contributed by atoms with Gasteiger partial charge in [0.25, 0.3) is 0 Å². The predicted molar refractivity (Wildman–Crippen MR) is 126 cm³/mol. The van der Waals surface area contributed by atoms with Gasteiger partial charge < -0.3 is 19.0 Å². The molecular formula is C27H19NO6. The fraction of sp³-hybridized carbons (Fsp3) is 0.0741. The molecule has 0 bridgehead atoms. The van der Waals surface area contributed by atoms with Crippen molar-refractivity contribution in [3.63, 3.8) is 0 Å². The minimum atomic E-state index is -1.30. The van der Waals surface area contributed by atoms with E-state index in [4.69, 9.17) is 19.0 Å². The molecule has 7 heteroatoms. The summed E-state index contributed by atoms with van der Waals surface area (Å²) in [6.45, 7) is 0.588. The van der Waals surface area contributed by atoms with Crippen molar-refractivity contribution < 1.29 is 23.8 Å². The van der Waals surface area contributed by atoms with Crippen molar-refractivity contribution in [1.82, 2.24) is 4.98 Å². The van der Waals surface area contributed by atoms with E-state index in [1.165, 1.54) is 6.07 Å². The highest BCUT2D eigenvalue weighted by molar-refractivity contribution is 5.87. The Balaban J connectivity index is 1.27. The van der Waals surface area contributed by atoms with Crippen LogP contribution in [-0.2, 0) is 13.2 Å².